The number of carbonyl (C=O) groups excluding carboxylic acids is 1. The van der Waals surface area contributed by atoms with Gasteiger partial charge in [-0.3, -0.25) is 4.79 Å². The average molecular weight is 383 g/mol. The Morgan fingerprint density at radius 3 is 2.04 bits per heavy atom. The van der Waals surface area contributed by atoms with Crippen molar-refractivity contribution in [1.29, 1.82) is 0 Å². The molecule has 10 atom stereocenters. The normalized spacial score (nSPS) is 46.8. The summed E-state index contributed by atoms with van der Waals surface area (Å²) in [4.78, 5) is 11.4. The third-order valence-electron chi connectivity index (χ3n) is 4.38. The van der Waals surface area contributed by atoms with Gasteiger partial charge in [0.1, 0.15) is 48.8 Å². The van der Waals surface area contributed by atoms with Crippen molar-refractivity contribution in [2.24, 2.45) is 0 Å². The van der Waals surface area contributed by atoms with Gasteiger partial charge in [-0.2, -0.15) is 0 Å². The topological polar surface area (TPSA) is 198 Å². The van der Waals surface area contributed by atoms with E-state index in [1.807, 2.05) is 0 Å². The van der Waals surface area contributed by atoms with Crippen molar-refractivity contribution in [2.45, 2.75) is 68.3 Å². The zero-order valence-electron chi connectivity index (χ0n) is 14.0. The van der Waals surface area contributed by atoms with Gasteiger partial charge in [-0.15, -0.1) is 0 Å². The molecule has 12 heteroatoms. The first-order chi connectivity index (χ1) is 12.2. The van der Waals surface area contributed by atoms with Crippen LogP contribution in [0.1, 0.15) is 6.92 Å². The van der Waals surface area contributed by atoms with Crippen LogP contribution in [0.5, 0.6) is 0 Å². The van der Waals surface area contributed by atoms with E-state index in [-0.39, 0.29) is 0 Å². The van der Waals surface area contributed by atoms with E-state index in [1.54, 1.807) is 0 Å². The average Bonchev–Trinajstić information content (AvgIpc) is 2.60. The Labute approximate surface area is 148 Å². The lowest BCUT2D eigenvalue weighted by atomic mass is 9.95. The van der Waals surface area contributed by atoms with Crippen LogP contribution in [0, 0.1) is 0 Å². The Hall–Kier alpha value is -0.930. The van der Waals surface area contributed by atoms with E-state index in [4.69, 9.17) is 14.2 Å². The van der Waals surface area contributed by atoms with E-state index in [1.165, 1.54) is 0 Å². The number of hydrogen-bond acceptors (Lipinski definition) is 11. The van der Waals surface area contributed by atoms with Crippen LogP contribution in [-0.2, 0) is 19.0 Å². The second-order valence-corrected chi connectivity index (χ2v) is 6.26. The van der Waals surface area contributed by atoms with Gasteiger partial charge < -0.3 is 55.3 Å². The monoisotopic (exact) mass is 383 g/mol. The second-order valence-electron chi connectivity index (χ2n) is 6.26. The minimum absolute atomic E-state index is 0.574. The zero-order valence-corrected chi connectivity index (χ0v) is 14.0. The molecule has 0 aromatic rings. The quantitative estimate of drug-likeness (QED) is 0.226. The summed E-state index contributed by atoms with van der Waals surface area (Å²) in [6, 6.07) is -1.28. The molecular formula is C14H25NO11. The van der Waals surface area contributed by atoms with E-state index in [0.29, 0.717) is 0 Å². The van der Waals surface area contributed by atoms with E-state index >= 15 is 0 Å². The fraction of sp³-hybridized carbons (Fsp3) is 0.929. The summed E-state index contributed by atoms with van der Waals surface area (Å²) >= 11 is 0. The van der Waals surface area contributed by atoms with Gasteiger partial charge in [0, 0.05) is 6.92 Å². The highest BCUT2D eigenvalue weighted by Crippen LogP contribution is 2.28. The van der Waals surface area contributed by atoms with Crippen molar-refractivity contribution in [2.75, 3.05) is 13.2 Å². The largest absolute Gasteiger partial charge is 0.394 e. The van der Waals surface area contributed by atoms with Gasteiger partial charge in [0.25, 0.3) is 0 Å². The van der Waals surface area contributed by atoms with Crippen LogP contribution in [0.15, 0.2) is 0 Å². The van der Waals surface area contributed by atoms with Crippen LogP contribution in [0.4, 0.5) is 0 Å². The summed E-state index contributed by atoms with van der Waals surface area (Å²) in [6.45, 7) is -0.195. The minimum atomic E-state index is -1.74. The lowest BCUT2D eigenvalue weighted by molar-refractivity contribution is -0.341. The fourth-order valence-corrected chi connectivity index (χ4v) is 2.97. The number of rotatable bonds is 5. The van der Waals surface area contributed by atoms with Crippen LogP contribution in [0.25, 0.3) is 0 Å². The number of ether oxygens (including phenoxy) is 3. The van der Waals surface area contributed by atoms with Gasteiger partial charge in [-0.25, -0.2) is 0 Å². The van der Waals surface area contributed by atoms with Gasteiger partial charge in [0.2, 0.25) is 5.91 Å². The summed E-state index contributed by atoms with van der Waals surface area (Å²) < 4.78 is 15.7. The first-order valence-electron chi connectivity index (χ1n) is 8.06. The van der Waals surface area contributed by atoms with Gasteiger partial charge in [0.05, 0.1) is 13.2 Å². The zero-order chi connectivity index (χ0) is 19.6. The van der Waals surface area contributed by atoms with Gasteiger partial charge in [0.15, 0.2) is 12.6 Å². The summed E-state index contributed by atoms with van der Waals surface area (Å²) in [7, 11) is 0. The summed E-state index contributed by atoms with van der Waals surface area (Å²) in [5.41, 5.74) is 0. The predicted octanol–water partition coefficient (Wildman–Crippen LogP) is -5.25. The standard InChI is InChI=1S/C14H25NO11/c1-4(18)15-7-12(9(20)6(3-17)24-13(7)23)26-14-11(22)10(21)8(19)5(2-16)25-14/h5-14,16-17,19-23H,2-3H2,1H3,(H,15,18)/t5-,6+,7-,8+,9+,10+,11-,12-,13-,14+/m1/s1. The molecule has 152 valence electrons. The molecule has 26 heavy (non-hydrogen) atoms. The third kappa shape index (κ3) is 4.31. The molecule has 0 radical (unpaired) electrons. The van der Waals surface area contributed by atoms with Gasteiger partial charge >= 0.3 is 0 Å². The number of hydrogen-bond donors (Lipinski definition) is 8. The summed E-state index contributed by atoms with van der Waals surface area (Å²) in [6.07, 6.45) is -13.7. The van der Waals surface area contributed by atoms with Crippen LogP contribution in [0.3, 0.4) is 0 Å². The molecule has 2 saturated heterocycles. The first kappa shape index (κ1) is 21.4. The minimum Gasteiger partial charge on any atom is -0.394 e. The molecule has 0 aromatic heterocycles. The molecule has 1 amide bonds. The lowest BCUT2D eigenvalue weighted by Gasteiger charge is -2.46. The van der Waals surface area contributed by atoms with E-state index in [9.17, 15) is 40.5 Å². The molecule has 0 bridgehead atoms. The highest BCUT2D eigenvalue weighted by atomic mass is 16.7. The smallest absolute Gasteiger partial charge is 0.217 e. The molecule has 0 saturated carbocycles. The predicted molar refractivity (Wildman–Crippen MR) is 80.2 cm³/mol. The molecule has 2 fully saturated rings. The maximum absolute atomic E-state index is 11.4. The van der Waals surface area contributed by atoms with Crippen molar-refractivity contribution in [3.05, 3.63) is 0 Å². The van der Waals surface area contributed by atoms with Crippen molar-refractivity contribution in [3.8, 4) is 0 Å². The fourth-order valence-electron chi connectivity index (χ4n) is 2.97. The van der Waals surface area contributed by atoms with Gasteiger partial charge in [-0.05, 0) is 0 Å². The first-order valence-corrected chi connectivity index (χ1v) is 8.06. The third-order valence-corrected chi connectivity index (χ3v) is 4.38. The highest BCUT2D eigenvalue weighted by molar-refractivity contribution is 5.73. The highest BCUT2D eigenvalue weighted by Gasteiger charge is 2.50. The van der Waals surface area contributed by atoms with Crippen molar-refractivity contribution in [3.63, 3.8) is 0 Å². The number of nitrogens with one attached hydrogen (secondary N) is 1. The Kier molecular flexibility index (Phi) is 7.27. The molecule has 8 N–H and O–H groups in total. The van der Waals surface area contributed by atoms with Crippen LogP contribution in [0.2, 0.25) is 0 Å². The second kappa shape index (κ2) is 8.84. The summed E-state index contributed by atoms with van der Waals surface area (Å²) in [5, 5.41) is 70.7. The van der Waals surface area contributed by atoms with E-state index < -0.39 is 80.5 Å². The van der Waals surface area contributed by atoms with E-state index in [0.717, 1.165) is 6.92 Å². The molecule has 12 nitrogen and oxygen atoms in total. The van der Waals surface area contributed by atoms with Crippen LogP contribution in [-0.4, -0.2) is 116 Å². The Morgan fingerprint density at radius 1 is 0.923 bits per heavy atom. The van der Waals surface area contributed by atoms with Crippen LogP contribution < -0.4 is 5.32 Å². The number of aliphatic hydroxyl groups excluding tert-OH is 7. The Bertz CT molecular complexity index is 478. The molecular weight excluding hydrogens is 358 g/mol. The Balaban J connectivity index is 2.21. The molecule has 0 unspecified atom stereocenters. The van der Waals surface area contributed by atoms with Gasteiger partial charge in [-0.1, -0.05) is 0 Å². The molecule has 0 aliphatic carbocycles. The molecule has 0 spiro atoms. The lowest BCUT2D eigenvalue weighted by Crippen LogP contribution is -2.67. The number of amides is 1. The van der Waals surface area contributed by atoms with Crippen LogP contribution >= 0.6 is 0 Å². The number of aliphatic hydroxyl groups is 7. The maximum Gasteiger partial charge on any atom is 0.217 e. The molecule has 2 rings (SSSR count). The molecule has 2 heterocycles. The van der Waals surface area contributed by atoms with E-state index in [2.05, 4.69) is 5.32 Å². The summed E-state index contributed by atoms with van der Waals surface area (Å²) in [5.74, 6) is -0.574. The van der Waals surface area contributed by atoms with Crippen molar-refractivity contribution >= 4 is 5.91 Å². The maximum atomic E-state index is 11.4. The molecule has 0 aromatic carbocycles. The van der Waals surface area contributed by atoms with Crippen molar-refractivity contribution < 1.29 is 54.8 Å². The number of carbonyl (C=O) groups is 1. The Morgan fingerprint density at radius 2 is 1.50 bits per heavy atom. The molecule has 2 aliphatic heterocycles. The van der Waals surface area contributed by atoms with Crippen molar-refractivity contribution in [1.82, 2.24) is 5.32 Å². The molecule has 2 aliphatic rings. The SMILES string of the molecule is CC(=O)N[C@@H]1[C@@H](O[C@@H]2O[C@H](CO)[C@H](O)[C@H](O)[C@H]2O)[C@@H](O)[C@H](CO)O[C@H]1O.